The molecule has 0 rings (SSSR count). The number of carbonyl (C=O) groups excluding carboxylic acids is 2. The lowest BCUT2D eigenvalue weighted by Gasteiger charge is -2.04. The van der Waals surface area contributed by atoms with Gasteiger partial charge in [0.05, 0.1) is 6.61 Å². The average Bonchev–Trinajstić information content (AvgIpc) is 2.44. The van der Waals surface area contributed by atoms with Crippen LogP contribution in [0, 0.1) is 0 Å². The van der Waals surface area contributed by atoms with Gasteiger partial charge < -0.3 is 10.1 Å². The Morgan fingerprint density at radius 1 is 0.850 bits per heavy atom. The van der Waals surface area contributed by atoms with E-state index in [-0.39, 0.29) is 12.3 Å². The molecule has 0 aliphatic rings. The molecule has 0 aromatic carbocycles. The van der Waals surface area contributed by atoms with E-state index >= 15 is 0 Å². The molecule has 118 valence electrons. The highest BCUT2D eigenvalue weighted by atomic mass is 16.5. The van der Waals surface area contributed by atoms with Crippen LogP contribution in [0.3, 0.4) is 0 Å². The molecule has 0 aliphatic carbocycles. The summed E-state index contributed by atoms with van der Waals surface area (Å²) in [5.41, 5.74) is 0. The third-order valence-corrected chi connectivity index (χ3v) is 3.34. The highest BCUT2D eigenvalue weighted by molar-refractivity contribution is 5.94. The van der Waals surface area contributed by atoms with Crippen LogP contribution in [0.25, 0.3) is 0 Å². The summed E-state index contributed by atoms with van der Waals surface area (Å²) < 4.78 is 4.99. The van der Waals surface area contributed by atoms with Crippen molar-refractivity contribution in [2.45, 2.75) is 77.6 Å². The van der Waals surface area contributed by atoms with Gasteiger partial charge in [0.2, 0.25) is 5.91 Å². The minimum absolute atomic E-state index is 0.172. The first-order chi connectivity index (χ1) is 9.70. The lowest BCUT2D eigenvalue weighted by Crippen LogP contribution is -2.22. The maximum Gasteiger partial charge on any atom is 0.315 e. The molecule has 0 aromatic heterocycles. The van der Waals surface area contributed by atoms with E-state index in [1.807, 2.05) is 0 Å². The third-order valence-electron chi connectivity index (χ3n) is 3.34. The second-order valence-electron chi connectivity index (χ2n) is 5.25. The lowest BCUT2D eigenvalue weighted by molar-refractivity contribution is -0.146. The van der Waals surface area contributed by atoms with Gasteiger partial charge in [0, 0.05) is 7.05 Å². The zero-order valence-electron chi connectivity index (χ0n) is 13.2. The summed E-state index contributed by atoms with van der Waals surface area (Å²) >= 11 is 0. The van der Waals surface area contributed by atoms with E-state index in [2.05, 4.69) is 12.2 Å². The quantitative estimate of drug-likeness (QED) is 0.320. The predicted octanol–water partition coefficient (Wildman–Crippen LogP) is 3.59. The Bertz CT molecular complexity index is 254. The van der Waals surface area contributed by atoms with Gasteiger partial charge in [-0.1, -0.05) is 64.7 Å². The summed E-state index contributed by atoms with van der Waals surface area (Å²) in [6, 6.07) is 0. The van der Waals surface area contributed by atoms with Crippen LogP contribution in [0.5, 0.6) is 0 Å². The number of unbranched alkanes of at least 4 members (excludes halogenated alkanes) is 9. The first-order valence-corrected chi connectivity index (χ1v) is 8.07. The van der Waals surface area contributed by atoms with Crippen LogP contribution in [0.4, 0.5) is 0 Å². The molecule has 4 heteroatoms. The van der Waals surface area contributed by atoms with E-state index < -0.39 is 5.97 Å². The normalized spacial score (nSPS) is 10.3. The molecular formula is C16H31NO3. The van der Waals surface area contributed by atoms with Gasteiger partial charge in [0.25, 0.3) is 0 Å². The molecule has 0 aromatic rings. The molecule has 0 unspecified atom stereocenters. The Morgan fingerprint density at radius 2 is 1.35 bits per heavy atom. The van der Waals surface area contributed by atoms with Gasteiger partial charge in [-0.05, 0) is 6.42 Å². The summed E-state index contributed by atoms with van der Waals surface area (Å²) in [6.45, 7) is 2.67. The van der Waals surface area contributed by atoms with Gasteiger partial charge in [0.1, 0.15) is 6.42 Å². The van der Waals surface area contributed by atoms with Crippen molar-refractivity contribution in [1.82, 2.24) is 5.32 Å². The minimum atomic E-state index is -0.430. The number of rotatable bonds is 13. The fourth-order valence-electron chi connectivity index (χ4n) is 2.05. The van der Waals surface area contributed by atoms with Gasteiger partial charge in [-0.15, -0.1) is 0 Å². The fourth-order valence-corrected chi connectivity index (χ4v) is 2.05. The summed E-state index contributed by atoms with van der Waals surface area (Å²) in [5, 5.41) is 2.40. The second-order valence-corrected chi connectivity index (χ2v) is 5.25. The number of carbonyl (C=O) groups is 2. The summed E-state index contributed by atoms with van der Waals surface area (Å²) in [5.74, 6) is -0.724. The van der Waals surface area contributed by atoms with E-state index in [4.69, 9.17) is 4.74 Å². The van der Waals surface area contributed by atoms with E-state index in [1.54, 1.807) is 0 Å². The fraction of sp³-hybridized carbons (Fsp3) is 0.875. The molecule has 20 heavy (non-hydrogen) atoms. The van der Waals surface area contributed by atoms with Crippen molar-refractivity contribution < 1.29 is 14.3 Å². The largest absolute Gasteiger partial charge is 0.465 e. The highest BCUT2D eigenvalue weighted by Gasteiger charge is 2.08. The van der Waals surface area contributed by atoms with Crippen molar-refractivity contribution in [2.75, 3.05) is 13.7 Å². The Morgan fingerprint density at radius 3 is 1.85 bits per heavy atom. The van der Waals surface area contributed by atoms with Crippen molar-refractivity contribution in [1.29, 1.82) is 0 Å². The Kier molecular flexibility index (Phi) is 13.6. The zero-order chi connectivity index (χ0) is 15.1. The zero-order valence-corrected chi connectivity index (χ0v) is 13.2. The molecule has 0 spiro atoms. The van der Waals surface area contributed by atoms with Crippen LogP contribution in [0.2, 0.25) is 0 Å². The molecule has 4 nitrogen and oxygen atoms in total. The smallest absolute Gasteiger partial charge is 0.315 e. The molecule has 0 heterocycles. The first-order valence-electron chi connectivity index (χ1n) is 8.07. The van der Waals surface area contributed by atoms with Crippen molar-refractivity contribution in [3.8, 4) is 0 Å². The Hall–Kier alpha value is -1.06. The summed E-state index contributed by atoms with van der Waals surface area (Å²) in [6.07, 6.45) is 12.4. The van der Waals surface area contributed by atoms with Crippen molar-refractivity contribution in [3.63, 3.8) is 0 Å². The summed E-state index contributed by atoms with van der Waals surface area (Å²) in [4.78, 5) is 22.1. The van der Waals surface area contributed by atoms with E-state index in [0.29, 0.717) is 6.61 Å². The SMILES string of the molecule is CCCCCCCCCCCCOC(=O)CC(=O)NC. The lowest BCUT2D eigenvalue weighted by atomic mass is 10.1. The molecule has 1 amide bonds. The Labute approximate surface area is 123 Å². The molecule has 0 aliphatic heterocycles. The van der Waals surface area contributed by atoms with Crippen molar-refractivity contribution in [2.24, 2.45) is 0 Å². The molecule has 0 atom stereocenters. The van der Waals surface area contributed by atoms with Crippen LogP contribution in [-0.2, 0) is 14.3 Å². The number of hydrogen-bond donors (Lipinski definition) is 1. The second kappa shape index (κ2) is 14.4. The van der Waals surface area contributed by atoms with Crippen LogP contribution >= 0.6 is 0 Å². The molecule has 0 saturated heterocycles. The minimum Gasteiger partial charge on any atom is -0.465 e. The number of ether oxygens (including phenoxy) is 1. The van der Waals surface area contributed by atoms with Gasteiger partial charge in [-0.2, -0.15) is 0 Å². The van der Waals surface area contributed by atoms with Gasteiger partial charge in [0.15, 0.2) is 0 Å². The third kappa shape index (κ3) is 13.4. The maximum absolute atomic E-state index is 11.2. The van der Waals surface area contributed by atoms with Crippen molar-refractivity contribution in [3.05, 3.63) is 0 Å². The van der Waals surface area contributed by atoms with Gasteiger partial charge >= 0.3 is 5.97 Å². The van der Waals surface area contributed by atoms with Gasteiger partial charge in [-0.25, -0.2) is 0 Å². The standard InChI is InChI=1S/C16H31NO3/c1-3-4-5-6-7-8-9-10-11-12-13-20-16(19)14-15(18)17-2/h3-14H2,1-2H3,(H,17,18). The van der Waals surface area contributed by atoms with E-state index in [0.717, 1.165) is 12.8 Å². The molecule has 0 bridgehead atoms. The van der Waals surface area contributed by atoms with Crippen LogP contribution < -0.4 is 5.32 Å². The summed E-state index contributed by atoms with van der Waals surface area (Å²) in [7, 11) is 1.51. The van der Waals surface area contributed by atoms with Gasteiger partial charge in [-0.3, -0.25) is 9.59 Å². The first kappa shape index (κ1) is 18.9. The maximum atomic E-state index is 11.2. The molecule has 0 saturated carbocycles. The molecular weight excluding hydrogens is 254 g/mol. The van der Waals surface area contributed by atoms with E-state index in [1.165, 1.54) is 58.4 Å². The number of esters is 1. The predicted molar refractivity (Wildman–Crippen MR) is 81.5 cm³/mol. The number of hydrogen-bond acceptors (Lipinski definition) is 3. The van der Waals surface area contributed by atoms with Crippen molar-refractivity contribution >= 4 is 11.9 Å². The number of amides is 1. The molecule has 1 N–H and O–H groups in total. The average molecular weight is 285 g/mol. The topological polar surface area (TPSA) is 55.4 Å². The highest BCUT2D eigenvalue weighted by Crippen LogP contribution is 2.10. The molecule has 0 radical (unpaired) electrons. The Balaban J connectivity index is 3.16. The van der Waals surface area contributed by atoms with Crippen LogP contribution in [0.1, 0.15) is 77.6 Å². The van der Waals surface area contributed by atoms with Crippen LogP contribution in [0.15, 0.2) is 0 Å². The number of nitrogens with one attached hydrogen (secondary N) is 1. The monoisotopic (exact) mass is 285 g/mol. The molecule has 0 fully saturated rings. The van der Waals surface area contributed by atoms with Crippen LogP contribution in [-0.4, -0.2) is 25.5 Å². The van der Waals surface area contributed by atoms with E-state index in [9.17, 15) is 9.59 Å².